The van der Waals surface area contributed by atoms with E-state index in [0.29, 0.717) is 11.9 Å². The summed E-state index contributed by atoms with van der Waals surface area (Å²) in [6.07, 6.45) is 1.11. The second-order valence-corrected chi connectivity index (χ2v) is 6.38. The van der Waals surface area contributed by atoms with Gasteiger partial charge < -0.3 is 21.3 Å². The Balaban J connectivity index is 1.59. The molecular formula is C19H22N6. The highest BCUT2D eigenvalue weighted by molar-refractivity contribution is 5.86. The second-order valence-electron chi connectivity index (χ2n) is 6.38. The molecule has 0 spiro atoms. The molecule has 0 radical (unpaired) electrons. The lowest BCUT2D eigenvalue weighted by atomic mass is 10.1. The Hall–Kier alpha value is -2.86. The summed E-state index contributed by atoms with van der Waals surface area (Å²) in [5, 5.41) is 9.07. The van der Waals surface area contributed by atoms with Gasteiger partial charge >= 0.3 is 0 Å². The second kappa shape index (κ2) is 6.57. The highest BCUT2D eigenvalue weighted by Gasteiger charge is 2.22. The summed E-state index contributed by atoms with van der Waals surface area (Å²) < 4.78 is 0. The van der Waals surface area contributed by atoms with Crippen molar-refractivity contribution >= 4 is 34.0 Å². The Labute approximate surface area is 147 Å². The lowest BCUT2D eigenvalue weighted by molar-refractivity contribution is 0.616. The van der Waals surface area contributed by atoms with Crippen LogP contribution in [0.3, 0.4) is 0 Å². The molecule has 25 heavy (non-hydrogen) atoms. The van der Waals surface area contributed by atoms with E-state index in [0.717, 1.165) is 31.0 Å². The van der Waals surface area contributed by atoms with Crippen molar-refractivity contribution in [2.45, 2.75) is 12.5 Å². The summed E-state index contributed by atoms with van der Waals surface area (Å²) in [5.74, 6) is 1.87. The normalized spacial score (nSPS) is 17.2. The smallest absolute Gasteiger partial charge is 0.223 e. The van der Waals surface area contributed by atoms with Crippen LogP contribution in [0.4, 0.5) is 23.3 Å². The third-order valence-corrected chi connectivity index (χ3v) is 4.67. The minimum Gasteiger partial charge on any atom is -0.368 e. The van der Waals surface area contributed by atoms with Crippen molar-refractivity contribution in [3.63, 3.8) is 0 Å². The van der Waals surface area contributed by atoms with Gasteiger partial charge in [-0.25, -0.2) is 0 Å². The first kappa shape index (κ1) is 15.7. The highest BCUT2D eigenvalue weighted by atomic mass is 15.3. The molecule has 1 aliphatic rings. The molecule has 4 N–H and O–H groups in total. The molecule has 2 heterocycles. The number of nitrogens with zero attached hydrogens (tertiary/aromatic N) is 3. The highest BCUT2D eigenvalue weighted by Crippen LogP contribution is 2.25. The lowest BCUT2D eigenvalue weighted by Crippen LogP contribution is -2.30. The molecule has 6 heteroatoms. The Morgan fingerprint density at radius 3 is 2.72 bits per heavy atom. The number of fused-ring (bicyclic) bond motifs is 1. The van der Waals surface area contributed by atoms with Crippen LogP contribution in [0.2, 0.25) is 0 Å². The van der Waals surface area contributed by atoms with E-state index in [4.69, 9.17) is 5.73 Å². The Kier molecular flexibility index (Phi) is 4.11. The van der Waals surface area contributed by atoms with Crippen LogP contribution < -0.4 is 21.3 Å². The van der Waals surface area contributed by atoms with Crippen molar-refractivity contribution in [3.8, 4) is 0 Å². The summed E-state index contributed by atoms with van der Waals surface area (Å²) in [7, 11) is 2.00. The number of benzene rings is 2. The van der Waals surface area contributed by atoms with Gasteiger partial charge in [-0.2, -0.15) is 9.97 Å². The molecule has 0 aliphatic carbocycles. The summed E-state index contributed by atoms with van der Waals surface area (Å²) in [6, 6.07) is 17.0. The topological polar surface area (TPSA) is 79.1 Å². The number of nitrogens with one attached hydrogen (secondary N) is 2. The number of likely N-dealkylation sites (N-methyl/N-ethyl adjacent to an activating group) is 1. The molecule has 6 nitrogen and oxygen atoms in total. The monoisotopic (exact) mass is 334 g/mol. The zero-order valence-corrected chi connectivity index (χ0v) is 14.2. The summed E-state index contributed by atoms with van der Waals surface area (Å²) in [4.78, 5) is 11.0. The quantitative estimate of drug-likeness (QED) is 0.681. The average molecular weight is 334 g/mol. The Bertz CT molecular complexity index is 894. The Morgan fingerprint density at radius 1 is 1.08 bits per heavy atom. The molecule has 1 atom stereocenters. The number of aromatic nitrogens is 2. The molecule has 4 rings (SSSR count). The molecule has 1 aliphatic heterocycles. The maximum absolute atomic E-state index is 5.93. The van der Waals surface area contributed by atoms with Gasteiger partial charge in [0.25, 0.3) is 0 Å². The predicted molar refractivity (Wildman–Crippen MR) is 103 cm³/mol. The van der Waals surface area contributed by atoms with Gasteiger partial charge in [0.2, 0.25) is 5.95 Å². The molecule has 0 unspecified atom stereocenters. The summed E-state index contributed by atoms with van der Waals surface area (Å²) in [6.45, 7) is 1.90. The Morgan fingerprint density at radius 2 is 1.92 bits per heavy atom. The third kappa shape index (κ3) is 3.34. The maximum Gasteiger partial charge on any atom is 0.223 e. The zero-order chi connectivity index (χ0) is 17.2. The first-order valence-electron chi connectivity index (χ1n) is 8.54. The molecule has 0 saturated carbocycles. The molecule has 128 valence electrons. The van der Waals surface area contributed by atoms with Crippen LogP contribution in [0.25, 0.3) is 10.8 Å². The van der Waals surface area contributed by atoms with E-state index in [-0.39, 0.29) is 5.95 Å². The molecule has 2 aromatic carbocycles. The first-order chi connectivity index (χ1) is 12.2. The minimum absolute atomic E-state index is 0.286. The standard InChI is InChI=1S/C19H22N6/c1-21-16-8-9-25(12-16)18-11-17(23-19(20)24-18)22-15-7-6-13-4-2-3-5-14(13)10-15/h2-7,10-11,16,21H,8-9,12H2,1H3,(H3,20,22,23,24)/t16-/m1/s1. The van der Waals surface area contributed by atoms with Gasteiger partial charge in [0.05, 0.1) is 0 Å². The molecule has 3 aromatic rings. The van der Waals surface area contributed by atoms with E-state index in [1.807, 2.05) is 31.3 Å². The van der Waals surface area contributed by atoms with E-state index < -0.39 is 0 Å². The number of anilines is 4. The number of hydrogen-bond donors (Lipinski definition) is 3. The minimum atomic E-state index is 0.286. The van der Waals surface area contributed by atoms with E-state index >= 15 is 0 Å². The first-order valence-corrected chi connectivity index (χ1v) is 8.54. The summed E-state index contributed by atoms with van der Waals surface area (Å²) in [5.41, 5.74) is 6.92. The van der Waals surface area contributed by atoms with Crippen molar-refractivity contribution in [3.05, 3.63) is 48.5 Å². The van der Waals surface area contributed by atoms with Crippen LogP contribution in [0.1, 0.15) is 6.42 Å². The fourth-order valence-corrected chi connectivity index (χ4v) is 3.30. The van der Waals surface area contributed by atoms with E-state index in [2.05, 4.69) is 49.8 Å². The maximum atomic E-state index is 5.93. The van der Waals surface area contributed by atoms with E-state index in [9.17, 15) is 0 Å². The van der Waals surface area contributed by atoms with Crippen LogP contribution >= 0.6 is 0 Å². The van der Waals surface area contributed by atoms with Crippen molar-refractivity contribution in [1.82, 2.24) is 15.3 Å². The van der Waals surface area contributed by atoms with Crippen molar-refractivity contribution in [2.24, 2.45) is 0 Å². The number of hydrogen-bond acceptors (Lipinski definition) is 6. The molecule has 1 aromatic heterocycles. The molecule has 1 saturated heterocycles. The van der Waals surface area contributed by atoms with Gasteiger partial charge in [-0.1, -0.05) is 30.3 Å². The zero-order valence-electron chi connectivity index (χ0n) is 14.2. The average Bonchev–Trinajstić information content (AvgIpc) is 3.10. The summed E-state index contributed by atoms with van der Waals surface area (Å²) >= 11 is 0. The predicted octanol–water partition coefficient (Wildman–Crippen LogP) is 2.75. The van der Waals surface area contributed by atoms with Crippen LogP contribution in [-0.2, 0) is 0 Å². The van der Waals surface area contributed by atoms with Crippen molar-refractivity contribution in [1.29, 1.82) is 0 Å². The lowest BCUT2D eigenvalue weighted by Gasteiger charge is -2.18. The van der Waals surface area contributed by atoms with Crippen LogP contribution in [0, 0.1) is 0 Å². The SMILES string of the molecule is CN[C@@H]1CCN(c2cc(Nc3ccc4ccccc4c3)nc(N)n2)C1. The fraction of sp³-hybridized carbons (Fsp3) is 0.263. The molecule has 0 bridgehead atoms. The largest absolute Gasteiger partial charge is 0.368 e. The number of rotatable bonds is 4. The van der Waals surface area contributed by atoms with Crippen LogP contribution in [0.5, 0.6) is 0 Å². The van der Waals surface area contributed by atoms with Crippen molar-refractivity contribution in [2.75, 3.05) is 36.1 Å². The van der Waals surface area contributed by atoms with Gasteiger partial charge in [-0.05, 0) is 36.4 Å². The third-order valence-electron chi connectivity index (χ3n) is 4.67. The van der Waals surface area contributed by atoms with E-state index in [1.54, 1.807) is 0 Å². The fourth-order valence-electron chi connectivity index (χ4n) is 3.30. The van der Waals surface area contributed by atoms with Gasteiger partial charge in [0.15, 0.2) is 0 Å². The van der Waals surface area contributed by atoms with Gasteiger partial charge in [0.1, 0.15) is 11.6 Å². The number of nitrogen functional groups attached to an aromatic ring is 1. The van der Waals surface area contributed by atoms with Gasteiger partial charge in [-0.15, -0.1) is 0 Å². The van der Waals surface area contributed by atoms with Crippen LogP contribution in [0.15, 0.2) is 48.5 Å². The van der Waals surface area contributed by atoms with Crippen molar-refractivity contribution < 1.29 is 0 Å². The molecule has 1 fully saturated rings. The van der Waals surface area contributed by atoms with Crippen LogP contribution in [-0.4, -0.2) is 36.1 Å². The molecular weight excluding hydrogens is 312 g/mol. The van der Waals surface area contributed by atoms with Gasteiger partial charge in [0, 0.05) is 30.9 Å². The van der Waals surface area contributed by atoms with E-state index in [1.165, 1.54) is 10.8 Å². The van der Waals surface area contributed by atoms with Gasteiger partial charge in [-0.3, -0.25) is 0 Å². The molecule has 0 amide bonds. The number of nitrogens with two attached hydrogens (primary N) is 1.